The van der Waals surface area contributed by atoms with Gasteiger partial charge >= 0.3 is 0 Å². The molecule has 0 bridgehead atoms. The van der Waals surface area contributed by atoms with Gasteiger partial charge < -0.3 is 0 Å². The molecule has 0 saturated heterocycles. The molecular weight excluding hydrogens is 809 g/mol. The molecule has 0 N–H and O–H groups in total. The molecule has 9 aromatic carbocycles. The predicted molar refractivity (Wildman–Crippen MR) is 272 cm³/mol. The minimum absolute atomic E-state index is 0.580. The Morgan fingerprint density at radius 3 is 1.78 bits per heavy atom. The van der Waals surface area contributed by atoms with E-state index in [2.05, 4.69) is 211 Å². The fourth-order valence-corrected chi connectivity index (χ4v) is 11.7. The average Bonchev–Trinajstić information content (AvgIpc) is 3.98. The lowest BCUT2D eigenvalue weighted by molar-refractivity contribution is 0.952. The van der Waals surface area contributed by atoms with Gasteiger partial charge in [0.05, 0.1) is 11.0 Å². The van der Waals surface area contributed by atoms with Crippen molar-refractivity contribution in [3.63, 3.8) is 0 Å². The van der Waals surface area contributed by atoms with Gasteiger partial charge in [0.25, 0.3) is 0 Å². The molecule has 1 saturated carbocycles. The Morgan fingerprint density at radius 2 is 1.08 bits per heavy atom. The summed E-state index contributed by atoms with van der Waals surface area (Å²) >= 11 is 1.88. The van der Waals surface area contributed by atoms with Gasteiger partial charge in [-0.2, -0.15) is 9.97 Å². The molecule has 0 amide bonds. The van der Waals surface area contributed by atoms with Crippen LogP contribution in [0.4, 0.5) is 0 Å². The summed E-state index contributed by atoms with van der Waals surface area (Å²) in [5.41, 5.74) is 13.8. The monoisotopic (exact) mass is 846 g/mol. The van der Waals surface area contributed by atoms with E-state index in [1.807, 2.05) is 11.3 Å². The lowest BCUT2D eigenvalue weighted by Gasteiger charge is -2.15. The first kappa shape index (κ1) is 36.5. The summed E-state index contributed by atoms with van der Waals surface area (Å²) in [6.45, 7) is 0. The van der Waals surface area contributed by atoms with E-state index >= 15 is 0 Å². The zero-order chi connectivity index (χ0) is 42.6. The molecule has 0 radical (unpaired) electrons. The second-order valence-electron chi connectivity index (χ2n) is 17.5. The van der Waals surface area contributed by atoms with Crippen LogP contribution in [-0.2, 0) is 0 Å². The quantitative estimate of drug-likeness (QED) is 0.167. The summed E-state index contributed by atoms with van der Waals surface area (Å²) in [6, 6.07) is 70.0. The number of thiophene rings is 1. The average molecular weight is 847 g/mol. The van der Waals surface area contributed by atoms with Gasteiger partial charge in [0.2, 0.25) is 5.95 Å². The van der Waals surface area contributed by atoms with Crippen LogP contribution < -0.4 is 0 Å². The largest absolute Gasteiger partial charge is 0.277 e. The predicted octanol–water partition coefficient (Wildman–Crippen LogP) is 16.0. The first-order valence-corrected chi connectivity index (χ1v) is 23.2. The third kappa shape index (κ3) is 5.86. The summed E-state index contributed by atoms with van der Waals surface area (Å²) in [5, 5.41) is 7.56. The van der Waals surface area contributed by atoms with E-state index in [0.29, 0.717) is 29.4 Å². The molecule has 0 aliphatic heterocycles. The Labute approximate surface area is 379 Å². The normalized spacial score (nSPS) is 15.3. The van der Waals surface area contributed by atoms with E-state index in [0.717, 1.165) is 38.9 Å². The molecule has 14 rings (SSSR count). The Kier molecular flexibility index (Phi) is 8.01. The van der Waals surface area contributed by atoms with Gasteiger partial charge in [-0.1, -0.05) is 188 Å². The Morgan fingerprint density at radius 1 is 0.477 bits per heavy atom. The maximum absolute atomic E-state index is 5.47. The molecule has 5 heteroatoms. The summed E-state index contributed by atoms with van der Waals surface area (Å²) in [7, 11) is 0. The topological polar surface area (TPSA) is 43.6 Å². The van der Waals surface area contributed by atoms with Crippen molar-refractivity contribution in [2.24, 2.45) is 5.92 Å². The van der Waals surface area contributed by atoms with Crippen LogP contribution in [0.1, 0.15) is 23.5 Å². The third-order valence-corrected chi connectivity index (χ3v) is 15.0. The van der Waals surface area contributed by atoms with Crippen LogP contribution in [0.5, 0.6) is 0 Å². The number of hydrogen-bond acceptors (Lipinski definition) is 4. The van der Waals surface area contributed by atoms with E-state index in [9.17, 15) is 0 Å². The molecule has 3 aromatic heterocycles. The van der Waals surface area contributed by atoms with Crippen LogP contribution in [0, 0.1) is 5.92 Å². The van der Waals surface area contributed by atoms with Crippen LogP contribution in [-0.4, -0.2) is 19.5 Å². The molecule has 1 fully saturated rings. The number of allylic oxidation sites excluding steroid dienone is 1. The second kappa shape index (κ2) is 14.3. The maximum atomic E-state index is 5.47. The highest BCUT2D eigenvalue weighted by atomic mass is 32.1. The number of nitrogens with zero attached hydrogens (tertiary/aromatic N) is 4. The highest BCUT2D eigenvalue weighted by Gasteiger charge is 2.40. The third-order valence-electron chi connectivity index (χ3n) is 13.8. The Bertz CT molecular complexity index is 3800. The fourth-order valence-electron chi connectivity index (χ4n) is 10.4. The summed E-state index contributed by atoms with van der Waals surface area (Å²) < 4.78 is 4.90. The van der Waals surface area contributed by atoms with Crippen molar-refractivity contribution >= 4 is 70.2 Å². The fraction of sp³-hybridized carbons (Fsp3) is 0.0500. The molecular formula is C60H38N4S. The standard InChI is InChI=1S/C60H38N4S/c1-3-11-36(12-4-1)38-21-25-41(26-22-38)58-61-59(42-27-23-39(24-28-42)37-13-5-2-6-14-37)63-60(62-58)64-53-34-44-30-29-43-33-50(43)51(44)35-52(53)47-18-9-17-46(56(47)64)48-19-10-20-49-55-45-16-8-7-15-40(45)31-32-54(55)65-57(48)49/h1-32,34-35,43,50H,33H2. The number of aromatic nitrogens is 4. The Hall–Kier alpha value is -7.99. The van der Waals surface area contributed by atoms with Gasteiger partial charge in [0, 0.05) is 53.2 Å². The smallest absolute Gasteiger partial charge is 0.238 e. The lowest BCUT2D eigenvalue weighted by Crippen LogP contribution is -2.07. The summed E-state index contributed by atoms with van der Waals surface area (Å²) in [6.07, 6.45) is 5.95. The van der Waals surface area contributed by atoms with Crippen molar-refractivity contribution in [3.05, 3.63) is 211 Å². The number of rotatable bonds is 6. The van der Waals surface area contributed by atoms with E-state index in [4.69, 9.17) is 15.0 Å². The van der Waals surface area contributed by atoms with E-state index in [1.165, 1.54) is 76.0 Å². The minimum Gasteiger partial charge on any atom is -0.277 e. The van der Waals surface area contributed by atoms with Crippen molar-refractivity contribution < 1.29 is 0 Å². The number of fused-ring (bicyclic) bond motifs is 11. The maximum Gasteiger partial charge on any atom is 0.238 e. The van der Waals surface area contributed by atoms with Gasteiger partial charge in [-0.3, -0.25) is 4.57 Å². The number of hydrogen-bond donors (Lipinski definition) is 0. The molecule has 0 spiro atoms. The second-order valence-corrected chi connectivity index (χ2v) is 18.6. The van der Waals surface area contributed by atoms with Crippen molar-refractivity contribution in [2.75, 3.05) is 0 Å². The molecule has 4 nitrogen and oxygen atoms in total. The van der Waals surface area contributed by atoms with Crippen molar-refractivity contribution in [3.8, 4) is 62.1 Å². The zero-order valence-corrected chi connectivity index (χ0v) is 36.0. The van der Waals surface area contributed by atoms with Crippen LogP contribution in [0.2, 0.25) is 0 Å². The molecule has 2 aliphatic carbocycles. The van der Waals surface area contributed by atoms with Crippen molar-refractivity contribution in [1.82, 2.24) is 19.5 Å². The van der Waals surface area contributed by atoms with Gasteiger partial charge in [-0.15, -0.1) is 11.3 Å². The lowest BCUT2D eigenvalue weighted by atomic mass is 9.94. The minimum atomic E-state index is 0.580. The van der Waals surface area contributed by atoms with E-state index < -0.39 is 0 Å². The zero-order valence-electron chi connectivity index (χ0n) is 35.2. The molecule has 2 atom stereocenters. The van der Waals surface area contributed by atoms with Crippen LogP contribution >= 0.6 is 11.3 Å². The summed E-state index contributed by atoms with van der Waals surface area (Å²) in [5.74, 6) is 3.06. The molecule has 304 valence electrons. The highest BCUT2D eigenvalue weighted by Crippen LogP contribution is 2.54. The highest BCUT2D eigenvalue weighted by molar-refractivity contribution is 7.26. The first-order valence-electron chi connectivity index (χ1n) is 22.4. The molecule has 3 heterocycles. The van der Waals surface area contributed by atoms with E-state index in [-0.39, 0.29) is 0 Å². The van der Waals surface area contributed by atoms with Crippen molar-refractivity contribution in [1.29, 1.82) is 0 Å². The van der Waals surface area contributed by atoms with Gasteiger partial charge in [0.15, 0.2) is 11.6 Å². The molecule has 12 aromatic rings. The molecule has 2 aliphatic rings. The first-order chi connectivity index (χ1) is 32.2. The Balaban J connectivity index is 1.04. The van der Waals surface area contributed by atoms with Crippen molar-refractivity contribution in [2.45, 2.75) is 12.3 Å². The van der Waals surface area contributed by atoms with E-state index in [1.54, 1.807) is 0 Å². The van der Waals surface area contributed by atoms with Crippen LogP contribution in [0.25, 0.3) is 121 Å². The van der Waals surface area contributed by atoms with Gasteiger partial charge in [-0.25, -0.2) is 4.98 Å². The van der Waals surface area contributed by atoms with Gasteiger partial charge in [-0.05, 0) is 80.6 Å². The molecule has 2 unspecified atom stereocenters. The summed E-state index contributed by atoms with van der Waals surface area (Å²) in [4.78, 5) is 16.2. The number of para-hydroxylation sites is 1. The van der Waals surface area contributed by atoms with Gasteiger partial charge in [0.1, 0.15) is 0 Å². The number of benzene rings is 9. The SMILES string of the molecule is C1=CC2CC2c2cc3c4cccc(-c5cccc6c5sc5ccc7ccccc7c56)c4n(-c4nc(-c5ccc(-c6ccccc6)cc5)nc(-c5ccc(-c6ccccc6)cc5)n4)c3cc21. The molecule has 65 heavy (non-hydrogen) atoms. The van der Waals surface area contributed by atoms with Crippen LogP contribution in [0.3, 0.4) is 0 Å². The van der Waals surface area contributed by atoms with Crippen LogP contribution in [0.15, 0.2) is 200 Å².